The van der Waals surface area contributed by atoms with Gasteiger partial charge >= 0.3 is 39.5 Å². The Hall–Kier alpha value is -1.94. The van der Waals surface area contributed by atoms with Crippen LogP contribution in [0.1, 0.15) is 440 Å². The average molecular weight is 1490 g/mol. The lowest BCUT2D eigenvalue weighted by molar-refractivity contribution is -0.161. The van der Waals surface area contributed by atoms with Crippen LogP contribution in [0.25, 0.3) is 0 Å². The van der Waals surface area contributed by atoms with E-state index < -0.39 is 97.5 Å². The fourth-order valence-corrected chi connectivity index (χ4v) is 14.4. The van der Waals surface area contributed by atoms with Crippen LogP contribution in [0.2, 0.25) is 0 Å². The highest BCUT2D eigenvalue weighted by Crippen LogP contribution is 2.45. The Morgan fingerprint density at radius 1 is 0.284 bits per heavy atom. The van der Waals surface area contributed by atoms with Crippen molar-refractivity contribution in [3.05, 3.63) is 0 Å². The highest BCUT2D eigenvalue weighted by Gasteiger charge is 2.30. The van der Waals surface area contributed by atoms with E-state index in [-0.39, 0.29) is 25.7 Å². The Kier molecular flexibility index (Phi) is 73.1. The van der Waals surface area contributed by atoms with E-state index in [1.165, 1.54) is 257 Å². The van der Waals surface area contributed by atoms with Crippen LogP contribution in [-0.2, 0) is 65.4 Å². The van der Waals surface area contributed by atoms with Crippen molar-refractivity contribution in [2.24, 2.45) is 11.8 Å². The monoisotopic (exact) mass is 1490 g/mol. The molecule has 0 aliphatic rings. The SMILES string of the molecule is CCCCCCCCCCCCCCCCCCCC(=O)OC[C@H](COP(=O)(O)OC[C@@H](O)COP(=O)(O)OC[C@@H](COC(=O)CCCCCCCCCCCC)OC(=O)CCCCCCCCCCCCC(C)C)OC(=O)CCCCCCCCCCCCCCCCCCCCC(C)CC. The normalized spacial score (nSPS) is 14.1. The number of esters is 4. The molecule has 3 N–H and O–H groups in total. The molecule has 17 nitrogen and oxygen atoms in total. The van der Waals surface area contributed by atoms with Crippen LogP contribution >= 0.6 is 15.6 Å². The topological polar surface area (TPSA) is 237 Å². The summed E-state index contributed by atoms with van der Waals surface area (Å²) < 4.78 is 68.7. The summed E-state index contributed by atoms with van der Waals surface area (Å²) in [7, 11) is -9.92. The average Bonchev–Trinajstić information content (AvgIpc) is 0.910. The minimum atomic E-state index is -4.96. The molecule has 0 fully saturated rings. The molecule has 6 atom stereocenters. The van der Waals surface area contributed by atoms with Crippen molar-refractivity contribution in [3.63, 3.8) is 0 Å². The van der Waals surface area contributed by atoms with Gasteiger partial charge in [0.1, 0.15) is 19.3 Å². The van der Waals surface area contributed by atoms with Crippen LogP contribution in [0.4, 0.5) is 0 Å². The number of ether oxygens (including phenoxy) is 4. The van der Waals surface area contributed by atoms with Crippen LogP contribution in [0, 0.1) is 11.8 Å². The number of unbranched alkanes of at least 4 members (excludes halogenated alkanes) is 51. The highest BCUT2D eigenvalue weighted by molar-refractivity contribution is 7.47. The van der Waals surface area contributed by atoms with Crippen molar-refractivity contribution in [3.8, 4) is 0 Å². The third kappa shape index (κ3) is 74.9. The standard InChI is InChI=1S/C83H162O17P2/c1-7-10-12-14-16-18-20-21-22-25-29-32-35-42-48-54-60-66-81(86)94-72-79(99-82(87)67-61-55-49-43-36-33-30-27-24-23-26-28-31-34-40-46-52-58-64-76(6)9-3)74-98-102(91,92)96-70-77(84)69-95-101(89,90)97-73-78(71-93-80(85)65-59-53-47-41-19-17-15-13-11-8-2)100-83(88)68-62-56-50-44-38-37-39-45-51-57-63-75(4)5/h75-79,84H,7-74H2,1-6H3,(H,89,90)(H,91,92)/t76?,77-,78+,79+/m0/s1. The first kappa shape index (κ1) is 100. The lowest BCUT2D eigenvalue weighted by Crippen LogP contribution is -2.30. The molecule has 0 radical (unpaired) electrons. The quantitative estimate of drug-likeness (QED) is 0.0222. The molecule has 0 spiro atoms. The molecule has 0 amide bonds. The van der Waals surface area contributed by atoms with E-state index >= 15 is 0 Å². The molecule has 3 unspecified atom stereocenters. The molecule has 0 aromatic carbocycles. The third-order valence-electron chi connectivity index (χ3n) is 19.8. The number of carbonyl (C=O) groups excluding carboxylic acids is 4. The number of carbonyl (C=O) groups is 4. The molecule has 0 aromatic heterocycles. The van der Waals surface area contributed by atoms with Crippen LogP contribution in [0.5, 0.6) is 0 Å². The third-order valence-corrected chi connectivity index (χ3v) is 21.7. The summed E-state index contributed by atoms with van der Waals surface area (Å²) in [4.78, 5) is 73.1. The van der Waals surface area contributed by atoms with E-state index in [0.29, 0.717) is 25.7 Å². The highest BCUT2D eigenvalue weighted by atomic mass is 31.2. The van der Waals surface area contributed by atoms with Crippen LogP contribution in [0.3, 0.4) is 0 Å². The molecular formula is C83H162O17P2. The molecule has 0 aromatic rings. The fraction of sp³-hybridized carbons (Fsp3) is 0.952. The number of phosphoric ester groups is 2. The molecule has 0 heterocycles. The zero-order chi connectivity index (χ0) is 74.9. The summed E-state index contributed by atoms with van der Waals surface area (Å²) in [6, 6.07) is 0. The minimum absolute atomic E-state index is 0.106. The number of hydrogen-bond acceptors (Lipinski definition) is 15. The Bertz CT molecular complexity index is 1960. The number of hydrogen-bond donors (Lipinski definition) is 3. The first-order valence-corrected chi connectivity index (χ1v) is 46.0. The summed E-state index contributed by atoms with van der Waals surface area (Å²) in [6.45, 7) is 9.70. The van der Waals surface area contributed by atoms with Gasteiger partial charge in [0.15, 0.2) is 12.2 Å². The molecule has 0 saturated carbocycles. The van der Waals surface area contributed by atoms with E-state index in [4.69, 9.17) is 37.0 Å². The number of rotatable bonds is 82. The Morgan fingerprint density at radius 2 is 0.500 bits per heavy atom. The lowest BCUT2D eigenvalue weighted by Gasteiger charge is -2.21. The van der Waals surface area contributed by atoms with E-state index in [2.05, 4.69) is 41.5 Å². The van der Waals surface area contributed by atoms with E-state index in [1.807, 2.05) is 0 Å². The molecule has 0 rings (SSSR count). The summed E-state index contributed by atoms with van der Waals surface area (Å²) in [5, 5.41) is 10.6. The van der Waals surface area contributed by atoms with Crippen LogP contribution < -0.4 is 0 Å². The van der Waals surface area contributed by atoms with Crippen molar-refractivity contribution in [1.29, 1.82) is 0 Å². The summed E-state index contributed by atoms with van der Waals surface area (Å²) in [6.07, 6.45) is 65.2. The van der Waals surface area contributed by atoms with Gasteiger partial charge in [-0.15, -0.1) is 0 Å². The van der Waals surface area contributed by atoms with Gasteiger partial charge in [-0.2, -0.15) is 0 Å². The van der Waals surface area contributed by atoms with Gasteiger partial charge in [-0.05, 0) is 37.5 Å². The molecule has 19 heteroatoms. The lowest BCUT2D eigenvalue weighted by atomic mass is 9.99. The van der Waals surface area contributed by atoms with Crippen molar-refractivity contribution in [2.75, 3.05) is 39.6 Å². The first-order valence-electron chi connectivity index (χ1n) is 43.0. The van der Waals surface area contributed by atoms with E-state index in [0.717, 1.165) is 102 Å². The zero-order valence-electron chi connectivity index (χ0n) is 66.9. The van der Waals surface area contributed by atoms with E-state index in [9.17, 15) is 43.2 Å². The van der Waals surface area contributed by atoms with Gasteiger partial charge in [0.2, 0.25) is 0 Å². The van der Waals surface area contributed by atoms with E-state index in [1.54, 1.807) is 0 Å². The second-order valence-corrected chi connectivity index (χ2v) is 33.5. The zero-order valence-corrected chi connectivity index (χ0v) is 68.7. The van der Waals surface area contributed by atoms with Crippen molar-refractivity contribution in [1.82, 2.24) is 0 Å². The Morgan fingerprint density at radius 3 is 0.745 bits per heavy atom. The maximum Gasteiger partial charge on any atom is 0.472 e. The second-order valence-electron chi connectivity index (χ2n) is 30.6. The number of aliphatic hydroxyl groups excluding tert-OH is 1. The summed E-state index contributed by atoms with van der Waals surface area (Å²) in [5.74, 6) is -0.483. The predicted octanol–water partition coefficient (Wildman–Crippen LogP) is 25.1. The number of aliphatic hydroxyl groups is 1. The van der Waals surface area contributed by atoms with Gasteiger partial charge in [0.05, 0.1) is 26.4 Å². The fourth-order valence-electron chi connectivity index (χ4n) is 12.9. The van der Waals surface area contributed by atoms with Crippen LogP contribution in [0.15, 0.2) is 0 Å². The van der Waals surface area contributed by atoms with Crippen molar-refractivity contribution < 1.29 is 80.2 Å². The smallest absolute Gasteiger partial charge is 0.462 e. The maximum atomic E-state index is 13.1. The number of phosphoric acid groups is 2. The molecule has 0 saturated heterocycles. The molecule has 102 heavy (non-hydrogen) atoms. The van der Waals surface area contributed by atoms with Gasteiger partial charge in [-0.3, -0.25) is 37.3 Å². The molecular weight excluding hydrogens is 1330 g/mol. The molecule has 0 aliphatic carbocycles. The van der Waals surface area contributed by atoms with Gasteiger partial charge in [0.25, 0.3) is 0 Å². The first-order chi connectivity index (χ1) is 49.4. The van der Waals surface area contributed by atoms with Gasteiger partial charge < -0.3 is 33.8 Å². The maximum absolute atomic E-state index is 13.1. The van der Waals surface area contributed by atoms with Crippen molar-refractivity contribution in [2.45, 2.75) is 458 Å². The van der Waals surface area contributed by atoms with Crippen molar-refractivity contribution >= 4 is 39.5 Å². The summed E-state index contributed by atoms with van der Waals surface area (Å²) >= 11 is 0. The molecule has 0 aliphatic heterocycles. The van der Waals surface area contributed by atoms with Gasteiger partial charge in [-0.25, -0.2) is 9.13 Å². The second kappa shape index (κ2) is 74.5. The summed E-state index contributed by atoms with van der Waals surface area (Å²) in [5.41, 5.74) is 0. The Balaban J connectivity index is 5.21. The minimum Gasteiger partial charge on any atom is -0.462 e. The van der Waals surface area contributed by atoms with Gasteiger partial charge in [0, 0.05) is 25.7 Å². The molecule has 606 valence electrons. The molecule has 0 bridgehead atoms. The Labute approximate surface area is 626 Å². The van der Waals surface area contributed by atoms with Crippen LogP contribution in [-0.4, -0.2) is 96.7 Å². The predicted molar refractivity (Wildman–Crippen MR) is 418 cm³/mol. The van der Waals surface area contributed by atoms with Gasteiger partial charge in [-0.1, -0.05) is 388 Å². The largest absolute Gasteiger partial charge is 0.472 e.